The Kier molecular flexibility index (Phi) is 5.04. The first-order valence-electron chi connectivity index (χ1n) is 5.54. The predicted molar refractivity (Wildman–Crippen MR) is 66.3 cm³/mol. The van der Waals surface area contributed by atoms with Crippen LogP contribution in [0.25, 0.3) is 0 Å². The third-order valence-corrected chi connectivity index (χ3v) is 3.75. The maximum Gasteiger partial charge on any atom is 0.365 e. The van der Waals surface area contributed by atoms with E-state index in [9.17, 15) is 4.79 Å². The summed E-state index contributed by atoms with van der Waals surface area (Å²) in [6, 6.07) is 0. The normalized spacial score (nSPS) is 14.5. The summed E-state index contributed by atoms with van der Waals surface area (Å²) in [5, 5.41) is 22.9. The highest BCUT2D eigenvalue weighted by Crippen LogP contribution is 2.16. The zero-order chi connectivity index (χ0) is 12.9. The van der Waals surface area contributed by atoms with Gasteiger partial charge in [-0.3, -0.25) is 0 Å². The minimum atomic E-state index is -0.991. The number of nitrogens with zero attached hydrogens (tertiary/aromatic N) is 1. The fraction of sp³-hybridized carbons (Fsp3) is 0.636. The van der Waals surface area contributed by atoms with Crippen LogP contribution in [0.3, 0.4) is 0 Å². The molecule has 96 valence electrons. The van der Waals surface area contributed by atoms with Crippen molar-refractivity contribution in [1.29, 1.82) is 0 Å². The first-order valence-corrected chi connectivity index (χ1v) is 6.42. The second-order valence-electron chi connectivity index (χ2n) is 4.19. The van der Waals surface area contributed by atoms with Crippen molar-refractivity contribution in [3.63, 3.8) is 0 Å². The van der Waals surface area contributed by atoms with Crippen LogP contribution in [-0.4, -0.2) is 33.3 Å². The fourth-order valence-corrected chi connectivity index (χ4v) is 2.08. The lowest BCUT2D eigenvalue weighted by atomic mass is 9.95. The van der Waals surface area contributed by atoms with Gasteiger partial charge in [0.05, 0.1) is 5.69 Å². The maximum atomic E-state index is 10.7. The van der Waals surface area contributed by atoms with Gasteiger partial charge in [0.25, 0.3) is 0 Å². The highest BCUT2D eigenvalue weighted by atomic mass is 32.1. The Morgan fingerprint density at radius 2 is 2.35 bits per heavy atom. The van der Waals surface area contributed by atoms with E-state index < -0.39 is 5.97 Å². The van der Waals surface area contributed by atoms with E-state index in [-0.39, 0.29) is 17.2 Å². The summed E-state index contributed by atoms with van der Waals surface area (Å²) in [5.41, 5.74) is 0.590. The van der Waals surface area contributed by atoms with E-state index in [1.807, 2.05) is 13.8 Å². The Morgan fingerprint density at radius 1 is 1.65 bits per heavy atom. The Labute approximate surface area is 105 Å². The van der Waals surface area contributed by atoms with Crippen molar-refractivity contribution in [3.05, 3.63) is 16.1 Å². The van der Waals surface area contributed by atoms with E-state index in [1.54, 1.807) is 5.38 Å². The number of thiazole rings is 1. The smallest absolute Gasteiger partial charge is 0.365 e. The second kappa shape index (κ2) is 6.09. The summed E-state index contributed by atoms with van der Waals surface area (Å²) in [6.45, 7) is 4.74. The van der Waals surface area contributed by atoms with Crippen LogP contribution in [0.2, 0.25) is 0 Å². The molecule has 0 saturated carbocycles. The van der Waals surface area contributed by atoms with Crippen molar-refractivity contribution >= 4 is 17.3 Å². The number of hydrogen-bond acceptors (Lipinski definition) is 5. The van der Waals surface area contributed by atoms with Crippen molar-refractivity contribution in [2.75, 3.05) is 6.61 Å². The lowest BCUT2D eigenvalue weighted by Gasteiger charge is -2.28. The van der Waals surface area contributed by atoms with Crippen LogP contribution in [-0.2, 0) is 6.54 Å². The molecule has 0 bridgehead atoms. The van der Waals surface area contributed by atoms with Crippen molar-refractivity contribution in [2.24, 2.45) is 0 Å². The molecule has 1 aromatic rings. The molecular formula is C11H18N2O3S. The van der Waals surface area contributed by atoms with Gasteiger partial charge < -0.3 is 15.5 Å². The first-order chi connectivity index (χ1) is 8.00. The first kappa shape index (κ1) is 14.1. The summed E-state index contributed by atoms with van der Waals surface area (Å²) in [7, 11) is 0. The molecule has 0 fully saturated rings. The Hall–Kier alpha value is -0.980. The number of aromatic nitrogens is 1. The average Bonchev–Trinajstić information content (AvgIpc) is 2.76. The van der Waals surface area contributed by atoms with Gasteiger partial charge in [-0.15, -0.1) is 11.3 Å². The molecule has 0 aromatic carbocycles. The molecule has 1 heterocycles. The molecule has 1 atom stereocenters. The summed E-state index contributed by atoms with van der Waals surface area (Å²) in [4.78, 5) is 14.7. The van der Waals surface area contributed by atoms with Crippen molar-refractivity contribution < 1.29 is 15.0 Å². The molecule has 1 unspecified atom stereocenters. The quantitative estimate of drug-likeness (QED) is 0.690. The maximum absolute atomic E-state index is 10.7. The molecule has 1 rings (SSSR count). The Bertz CT molecular complexity index is 381. The van der Waals surface area contributed by atoms with Crippen LogP contribution in [0.5, 0.6) is 0 Å². The second-order valence-corrected chi connectivity index (χ2v) is 5.05. The van der Waals surface area contributed by atoms with Gasteiger partial charge in [-0.05, 0) is 19.8 Å². The van der Waals surface area contributed by atoms with E-state index in [4.69, 9.17) is 10.2 Å². The topological polar surface area (TPSA) is 82.5 Å². The van der Waals surface area contributed by atoms with Crippen LogP contribution in [0.15, 0.2) is 5.38 Å². The molecular weight excluding hydrogens is 240 g/mol. The van der Waals surface area contributed by atoms with Crippen molar-refractivity contribution in [3.8, 4) is 0 Å². The molecule has 17 heavy (non-hydrogen) atoms. The lowest BCUT2D eigenvalue weighted by Crippen LogP contribution is -2.42. The highest BCUT2D eigenvalue weighted by molar-refractivity contribution is 7.11. The van der Waals surface area contributed by atoms with Crippen LogP contribution >= 0.6 is 11.3 Å². The monoisotopic (exact) mass is 258 g/mol. The molecule has 0 aliphatic heterocycles. The largest absolute Gasteiger partial charge is 0.476 e. The van der Waals surface area contributed by atoms with Crippen LogP contribution in [0.1, 0.15) is 42.2 Å². The number of aliphatic hydroxyl groups is 1. The van der Waals surface area contributed by atoms with Gasteiger partial charge in [0.15, 0.2) is 0 Å². The molecule has 0 spiro atoms. The number of hydrogen-bond donors (Lipinski definition) is 3. The zero-order valence-electron chi connectivity index (χ0n) is 10.1. The number of carbonyl (C=O) groups is 1. The van der Waals surface area contributed by atoms with Crippen LogP contribution in [0.4, 0.5) is 0 Å². The number of aromatic carboxylic acids is 1. The van der Waals surface area contributed by atoms with Gasteiger partial charge in [-0.2, -0.15) is 0 Å². The molecule has 6 heteroatoms. The molecule has 0 saturated heterocycles. The summed E-state index contributed by atoms with van der Waals surface area (Å²) in [5.74, 6) is -0.991. The zero-order valence-corrected chi connectivity index (χ0v) is 10.9. The molecule has 0 aliphatic carbocycles. The number of aliphatic hydroxyl groups excluding tert-OH is 1. The molecule has 1 aromatic heterocycles. The molecule has 0 radical (unpaired) electrons. The third-order valence-electron chi connectivity index (χ3n) is 2.87. The Morgan fingerprint density at radius 3 is 2.82 bits per heavy atom. The number of carboxylic acid groups (broad SMARTS) is 1. The van der Waals surface area contributed by atoms with Gasteiger partial charge in [0.1, 0.15) is 0 Å². The third kappa shape index (κ3) is 4.07. The van der Waals surface area contributed by atoms with Crippen molar-refractivity contribution in [2.45, 2.75) is 38.8 Å². The summed E-state index contributed by atoms with van der Waals surface area (Å²) < 4.78 is 0. The van der Waals surface area contributed by atoms with E-state index in [0.717, 1.165) is 23.5 Å². The van der Waals surface area contributed by atoms with Gasteiger partial charge in [-0.25, -0.2) is 9.78 Å². The standard InChI is InChI=1S/C11H18N2O3S/c1-3-11(2,4-5-14)12-6-8-7-17-9(13-8)10(15)16/h7,12,14H,3-6H2,1-2H3,(H,15,16). The predicted octanol–water partition coefficient (Wildman–Crippen LogP) is 1.48. The van der Waals surface area contributed by atoms with Crippen molar-refractivity contribution in [1.82, 2.24) is 10.3 Å². The van der Waals surface area contributed by atoms with E-state index in [0.29, 0.717) is 13.0 Å². The van der Waals surface area contributed by atoms with Crippen LogP contribution in [0, 0.1) is 0 Å². The molecule has 0 amide bonds. The van der Waals surface area contributed by atoms with Gasteiger partial charge in [-0.1, -0.05) is 6.92 Å². The molecule has 0 aliphatic rings. The molecule has 5 nitrogen and oxygen atoms in total. The average molecular weight is 258 g/mol. The summed E-state index contributed by atoms with van der Waals surface area (Å²) >= 11 is 1.13. The van der Waals surface area contributed by atoms with E-state index in [1.165, 1.54) is 0 Å². The fourth-order valence-electron chi connectivity index (χ4n) is 1.43. The lowest BCUT2D eigenvalue weighted by molar-refractivity contribution is 0.0696. The SMILES string of the molecule is CCC(C)(CCO)NCc1csc(C(=O)O)n1. The number of rotatable bonds is 7. The highest BCUT2D eigenvalue weighted by Gasteiger charge is 2.21. The molecule has 3 N–H and O–H groups in total. The van der Waals surface area contributed by atoms with E-state index >= 15 is 0 Å². The minimum Gasteiger partial charge on any atom is -0.476 e. The van der Waals surface area contributed by atoms with Gasteiger partial charge in [0, 0.05) is 24.1 Å². The number of carboxylic acids is 1. The van der Waals surface area contributed by atoms with E-state index in [2.05, 4.69) is 10.3 Å². The Balaban J connectivity index is 2.56. The van der Waals surface area contributed by atoms with Gasteiger partial charge >= 0.3 is 5.97 Å². The minimum absolute atomic E-state index is 0.113. The number of nitrogens with one attached hydrogen (secondary N) is 1. The van der Waals surface area contributed by atoms with Gasteiger partial charge in [0.2, 0.25) is 5.01 Å². The van der Waals surface area contributed by atoms with Crippen LogP contribution < -0.4 is 5.32 Å². The summed E-state index contributed by atoms with van der Waals surface area (Å²) in [6.07, 6.45) is 1.56.